The van der Waals surface area contributed by atoms with Crippen LogP contribution in [0, 0.1) is 24.0 Å². The maximum atomic E-state index is 14.0. The van der Waals surface area contributed by atoms with Gasteiger partial charge >= 0.3 is 0 Å². The van der Waals surface area contributed by atoms with Gasteiger partial charge < -0.3 is 5.32 Å². The maximum Gasteiger partial charge on any atom is 0.133 e. The molecule has 0 amide bonds. The summed E-state index contributed by atoms with van der Waals surface area (Å²) in [6, 6.07) is 2.60. The number of aryl methyl sites for hydroxylation is 1. The third kappa shape index (κ3) is 1.73. The van der Waals surface area contributed by atoms with E-state index in [1.807, 2.05) is 0 Å². The molecule has 0 aliphatic heterocycles. The molecule has 0 spiro atoms. The average Bonchev–Trinajstić information content (AvgIpc) is 2.98. The van der Waals surface area contributed by atoms with Gasteiger partial charge in [-0.2, -0.15) is 0 Å². The van der Waals surface area contributed by atoms with Crippen molar-refractivity contribution in [2.45, 2.75) is 32.7 Å². The molecular weight excluding hydrogens is 208 g/mol. The SMILES string of the molecule is CNC(c1c(F)ccc(C)c1F)C1(C)CC1. The zero-order chi connectivity index (χ0) is 11.9. The second kappa shape index (κ2) is 3.81. The third-order valence-electron chi connectivity index (χ3n) is 3.63. The van der Waals surface area contributed by atoms with E-state index in [2.05, 4.69) is 12.2 Å². The van der Waals surface area contributed by atoms with Crippen molar-refractivity contribution in [1.29, 1.82) is 0 Å². The van der Waals surface area contributed by atoms with Gasteiger partial charge in [0.2, 0.25) is 0 Å². The molecule has 1 fully saturated rings. The van der Waals surface area contributed by atoms with E-state index in [-0.39, 0.29) is 17.0 Å². The molecule has 88 valence electrons. The van der Waals surface area contributed by atoms with Crippen LogP contribution in [-0.4, -0.2) is 7.05 Å². The minimum absolute atomic E-state index is 0.00419. The first-order valence-electron chi connectivity index (χ1n) is 5.61. The van der Waals surface area contributed by atoms with Crippen LogP contribution in [0.1, 0.15) is 36.9 Å². The highest BCUT2D eigenvalue weighted by atomic mass is 19.1. The summed E-state index contributed by atoms with van der Waals surface area (Å²) in [5.74, 6) is -0.858. The standard InChI is InChI=1S/C13H17F2N/c1-8-4-5-9(14)10(11(8)15)12(16-3)13(2)6-7-13/h4-5,12,16H,6-7H2,1-3H3. The molecule has 1 atom stereocenters. The fourth-order valence-electron chi connectivity index (χ4n) is 2.27. The van der Waals surface area contributed by atoms with Crippen molar-refractivity contribution < 1.29 is 8.78 Å². The van der Waals surface area contributed by atoms with E-state index in [0.29, 0.717) is 5.56 Å². The summed E-state index contributed by atoms with van der Waals surface area (Å²) in [7, 11) is 1.76. The second-order valence-electron chi connectivity index (χ2n) is 4.97. The van der Waals surface area contributed by atoms with Crippen LogP contribution >= 0.6 is 0 Å². The van der Waals surface area contributed by atoms with Crippen molar-refractivity contribution >= 4 is 0 Å². The number of hydrogen-bond acceptors (Lipinski definition) is 1. The van der Waals surface area contributed by atoms with Gasteiger partial charge in [0, 0.05) is 11.6 Å². The molecule has 2 rings (SSSR count). The summed E-state index contributed by atoms with van der Waals surface area (Å²) in [4.78, 5) is 0. The molecule has 1 aliphatic carbocycles. The van der Waals surface area contributed by atoms with Crippen LogP contribution in [0.4, 0.5) is 8.78 Å². The van der Waals surface area contributed by atoms with Crippen LogP contribution in [0.15, 0.2) is 12.1 Å². The summed E-state index contributed by atoms with van der Waals surface area (Å²) in [5, 5.41) is 3.05. The summed E-state index contributed by atoms with van der Waals surface area (Å²) in [6.07, 6.45) is 2.04. The van der Waals surface area contributed by atoms with E-state index >= 15 is 0 Å². The van der Waals surface area contributed by atoms with E-state index in [0.717, 1.165) is 12.8 Å². The smallest absolute Gasteiger partial charge is 0.133 e. The fourth-order valence-corrected chi connectivity index (χ4v) is 2.27. The first-order chi connectivity index (χ1) is 7.49. The largest absolute Gasteiger partial charge is 0.312 e. The quantitative estimate of drug-likeness (QED) is 0.832. The minimum atomic E-state index is -0.449. The minimum Gasteiger partial charge on any atom is -0.312 e. The Labute approximate surface area is 94.9 Å². The van der Waals surface area contributed by atoms with Gasteiger partial charge in [0.15, 0.2) is 0 Å². The number of halogens is 2. The van der Waals surface area contributed by atoms with Gasteiger partial charge in [-0.05, 0) is 43.9 Å². The molecule has 1 aliphatic rings. The highest BCUT2D eigenvalue weighted by molar-refractivity contribution is 5.31. The van der Waals surface area contributed by atoms with Crippen molar-refractivity contribution in [2.24, 2.45) is 5.41 Å². The van der Waals surface area contributed by atoms with Crippen molar-refractivity contribution in [1.82, 2.24) is 5.32 Å². The van der Waals surface area contributed by atoms with Crippen LogP contribution in [-0.2, 0) is 0 Å². The van der Waals surface area contributed by atoms with E-state index in [9.17, 15) is 8.78 Å². The lowest BCUT2D eigenvalue weighted by Gasteiger charge is -2.25. The molecule has 1 aromatic carbocycles. The summed E-state index contributed by atoms with van der Waals surface area (Å²) < 4.78 is 27.7. The zero-order valence-electron chi connectivity index (χ0n) is 9.90. The van der Waals surface area contributed by atoms with Gasteiger partial charge in [-0.25, -0.2) is 8.78 Å². The fraction of sp³-hybridized carbons (Fsp3) is 0.538. The van der Waals surface area contributed by atoms with Crippen molar-refractivity contribution in [3.05, 3.63) is 34.9 Å². The predicted molar refractivity (Wildman–Crippen MR) is 60.2 cm³/mol. The summed E-state index contributed by atoms with van der Waals surface area (Å²) >= 11 is 0. The lowest BCUT2D eigenvalue weighted by molar-refractivity contribution is 0.361. The molecule has 0 radical (unpaired) electrons. The highest BCUT2D eigenvalue weighted by Gasteiger charge is 2.46. The Hall–Kier alpha value is -0.960. The molecule has 0 bridgehead atoms. The van der Waals surface area contributed by atoms with Gasteiger partial charge in [-0.15, -0.1) is 0 Å². The Morgan fingerprint density at radius 3 is 2.44 bits per heavy atom. The molecule has 1 N–H and O–H groups in total. The first kappa shape index (κ1) is 11.5. The topological polar surface area (TPSA) is 12.0 Å². The molecule has 3 heteroatoms. The first-order valence-corrected chi connectivity index (χ1v) is 5.61. The maximum absolute atomic E-state index is 14.0. The second-order valence-corrected chi connectivity index (χ2v) is 4.97. The molecule has 0 heterocycles. The monoisotopic (exact) mass is 225 g/mol. The van der Waals surface area contributed by atoms with Gasteiger partial charge in [0.05, 0.1) is 0 Å². The van der Waals surface area contributed by atoms with Crippen LogP contribution in [0.2, 0.25) is 0 Å². The van der Waals surface area contributed by atoms with Crippen molar-refractivity contribution in [3.63, 3.8) is 0 Å². The lowest BCUT2D eigenvalue weighted by Crippen LogP contribution is -2.27. The molecule has 1 nitrogen and oxygen atoms in total. The molecule has 0 saturated heterocycles. The Bertz CT molecular complexity index is 411. The lowest BCUT2D eigenvalue weighted by atomic mass is 9.90. The Morgan fingerprint density at radius 1 is 1.31 bits per heavy atom. The van der Waals surface area contributed by atoms with E-state index in [4.69, 9.17) is 0 Å². The van der Waals surface area contributed by atoms with Crippen LogP contribution in [0.5, 0.6) is 0 Å². The molecular formula is C13H17F2N. The summed E-state index contributed by atoms with van der Waals surface area (Å²) in [5.41, 5.74) is 0.702. The normalized spacial score (nSPS) is 19.6. The van der Waals surface area contributed by atoms with Gasteiger partial charge in [0.25, 0.3) is 0 Å². The molecule has 16 heavy (non-hydrogen) atoms. The third-order valence-corrected chi connectivity index (χ3v) is 3.63. The van der Waals surface area contributed by atoms with Gasteiger partial charge in [-0.3, -0.25) is 0 Å². The van der Waals surface area contributed by atoms with Crippen LogP contribution < -0.4 is 5.32 Å². The Balaban J connectivity index is 2.49. The molecule has 1 unspecified atom stereocenters. The van der Waals surface area contributed by atoms with Crippen molar-refractivity contribution in [3.8, 4) is 0 Å². The number of rotatable bonds is 3. The predicted octanol–water partition coefficient (Wildman–Crippen LogP) is 3.33. The van der Waals surface area contributed by atoms with Crippen LogP contribution in [0.3, 0.4) is 0 Å². The van der Waals surface area contributed by atoms with E-state index < -0.39 is 11.6 Å². The number of hydrogen-bond donors (Lipinski definition) is 1. The van der Waals surface area contributed by atoms with E-state index in [1.54, 1.807) is 14.0 Å². The zero-order valence-corrected chi connectivity index (χ0v) is 9.90. The van der Waals surface area contributed by atoms with Crippen LogP contribution in [0.25, 0.3) is 0 Å². The molecule has 1 aromatic rings. The molecule has 0 aromatic heterocycles. The van der Waals surface area contributed by atoms with Gasteiger partial charge in [0.1, 0.15) is 11.6 Å². The summed E-state index contributed by atoms with van der Waals surface area (Å²) in [6.45, 7) is 3.73. The molecule has 1 saturated carbocycles. The van der Waals surface area contributed by atoms with Gasteiger partial charge in [-0.1, -0.05) is 13.0 Å². The number of nitrogens with one attached hydrogen (secondary N) is 1. The number of benzene rings is 1. The Morgan fingerprint density at radius 2 is 1.94 bits per heavy atom. The highest BCUT2D eigenvalue weighted by Crippen LogP contribution is 2.55. The average molecular weight is 225 g/mol. The van der Waals surface area contributed by atoms with E-state index in [1.165, 1.54) is 12.1 Å². The Kier molecular flexibility index (Phi) is 2.74. The van der Waals surface area contributed by atoms with Crippen molar-refractivity contribution in [2.75, 3.05) is 7.05 Å².